The molecule has 1 N–H and O–H groups in total. The SMILES string of the molecule is CNc1cn2nc(-c3cn(C)nc3-c3ccc(C)cc3)ccc2n1.Cc1ccc(-c2cc(C=O)ncn2)cc1. The molecule has 4 aromatic heterocycles. The Morgan fingerprint density at radius 2 is 1.49 bits per heavy atom. The number of nitrogens with zero attached hydrogens (tertiary/aromatic N) is 7. The molecule has 6 rings (SSSR count). The van der Waals surface area contributed by atoms with Crippen LogP contribution in [-0.2, 0) is 7.05 Å². The highest BCUT2D eigenvalue weighted by Crippen LogP contribution is 2.30. The number of hydrogen-bond donors (Lipinski definition) is 1. The van der Waals surface area contributed by atoms with Crippen LogP contribution in [0.5, 0.6) is 0 Å². The van der Waals surface area contributed by atoms with E-state index in [1.54, 1.807) is 10.6 Å². The molecule has 0 unspecified atom stereocenters. The van der Waals surface area contributed by atoms with Crippen molar-refractivity contribution in [2.24, 2.45) is 7.05 Å². The molecule has 0 aliphatic heterocycles. The van der Waals surface area contributed by atoms with Crippen molar-refractivity contribution in [3.05, 3.63) is 102 Å². The quantitative estimate of drug-likeness (QED) is 0.306. The lowest BCUT2D eigenvalue weighted by atomic mass is 10.0. The van der Waals surface area contributed by atoms with E-state index in [2.05, 4.69) is 56.6 Å². The maximum Gasteiger partial charge on any atom is 0.168 e. The first-order valence-corrected chi connectivity index (χ1v) is 12.4. The van der Waals surface area contributed by atoms with Gasteiger partial charge in [-0.25, -0.2) is 19.5 Å². The zero-order chi connectivity index (χ0) is 27.4. The number of fused-ring (bicyclic) bond motifs is 1. The summed E-state index contributed by atoms with van der Waals surface area (Å²) in [5.74, 6) is 0.796. The van der Waals surface area contributed by atoms with Gasteiger partial charge in [-0.05, 0) is 32.0 Å². The number of imidazole rings is 1. The third-order valence-electron chi connectivity index (χ3n) is 6.16. The predicted octanol–water partition coefficient (Wildman–Crippen LogP) is 5.41. The van der Waals surface area contributed by atoms with Crippen LogP contribution < -0.4 is 5.32 Å². The zero-order valence-corrected chi connectivity index (χ0v) is 22.2. The number of nitrogens with one attached hydrogen (secondary N) is 1. The van der Waals surface area contributed by atoms with Crippen LogP contribution in [0.3, 0.4) is 0 Å². The fourth-order valence-electron chi connectivity index (χ4n) is 4.07. The molecule has 9 heteroatoms. The van der Waals surface area contributed by atoms with Crippen molar-refractivity contribution in [3.8, 4) is 33.8 Å². The molecule has 39 heavy (non-hydrogen) atoms. The molecule has 0 amide bonds. The second-order valence-corrected chi connectivity index (χ2v) is 9.14. The number of aryl methyl sites for hydroxylation is 3. The van der Waals surface area contributed by atoms with Crippen molar-refractivity contribution in [1.82, 2.24) is 34.3 Å². The van der Waals surface area contributed by atoms with Gasteiger partial charge in [0.15, 0.2) is 11.9 Å². The van der Waals surface area contributed by atoms with Crippen LogP contribution in [0.2, 0.25) is 0 Å². The van der Waals surface area contributed by atoms with Crippen molar-refractivity contribution in [2.75, 3.05) is 12.4 Å². The molecule has 4 heterocycles. The minimum Gasteiger partial charge on any atom is -0.372 e. The molecular formula is C30H28N8O. The maximum absolute atomic E-state index is 10.6. The van der Waals surface area contributed by atoms with Crippen LogP contribution in [0, 0.1) is 13.8 Å². The van der Waals surface area contributed by atoms with E-state index in [0.717, 1.165) is 51.5 Å². The van der Waals surface area contributed by atoms with Crippen molar-refractivity contribution in [3.63, 3.8) is 0 Å². The average Bonchev–Trinajstić information content (AvgIpc) is 3.57. The van der Waals surface area contributed by atoms with Gasteiger partial charge in [-0.3, -0.25) is 9.48 Å². The highest BCUT2D eigenvalue weighted by atomic mass is 16.1. The van der Waals surface area contributed by atoms with Crippen LogP contribution in [0.4, 0.5) is 5.82 Å². The largest absolute Gasteiger partial charge is 0.372 e. The fourth-order valence-corrected chi connectivity index (χ4v) is 4.07. The van der Waals surface area contributed by atoms with Gasteiger partial charge in [-0.15, -0.1) is 0 Å². The smallest absolute Gasteiger partial charge is 0.168 e. The minimum atomic E-state index is 0.403. The van der Waals surface area contributed by atoms with Gasteiger partial charge in [0.1, 0.15) is 23.5 Å². The zero-order valence-electron chi connectivity index (χ0n) is 22.2. The molecule has 194 valence electrons. The average molecular weight is 517 g/mol. The summed E-state index contributed by atoms with van der Waals surface area (Å²) in [6, 6.07) is 22.0. The van der Waals surface area contributed by atoms with E-state index in [4.69, 9.17) is 5.10 Å². The van der Waals surface area contributed by atoms with Gasteiger partial charge in [0.2, 0.25) is 0 Å². The van der Waals surface area contributed by atoms with Gasteiger partial charge in [0.05, 0.1) is 17.6 Å². The van der Waals surface area contributed by atoms with E-state index in [0.29, 0.717) is 5.69 Å². The Bertz CT molecular complexity index is 1730. The third kappa shape index (κ3) is 5.72. The maximum atomic E-state index is 10.6. The van der Waals surface area contributed by atoms with E-state index in [-0.39, 0.29) is 0 Å². The number of hydrogen-bond acceptors (Lipinski definition) is 7. The number of benzene rings is 2. The van der Waals surface area contributed by atoms with Gasteiger partial charge >= 0.3 is 0 Å². The van der Waals surface area contributed by atoms with Gasteiger partial charge in [0, 0.05) is 37.0 Å². The molecule has 0 saturated carbocycles. The van der Waals surface area contributed by atoms with Crippen LogP contribution in [-0.4, -0.2) is 47.7 Å². The van der Waals surface area contributed by atoms with Crippen LogP contribution >= 0.6 is 0 Å². The molecule has 0 saturated heterocycles. The minimum absolute atomic E-state index is 0.403. The number of carbonyl (C=O) groups excluding carboxylic acids is 1. The molecule has 0 bridgehead atoms. The van der Waals surface area contributed by atoms with E-state index in [1.165, 1.54) is 17.5 Å². The Labute approximate surface area is 226 Å². The molecule has 0 fully saturated rings. The fraction of sp³-hybridized carbons (Fsp3) is 0.133. The van der Waals surface area contributed by atoms with Gasteiger partial charge in [-0.2, -0.15) is 10.2 Å². The summed E-state index contributed by atoms with van der Waals surface area (Å²) in [6.07, 6.45) is 6.00. The molecule has 2 aromatic carbocycles. The second kappa shape index (κ2) is 11.1. The van der Waals surface area contributed by atoms with Gasteiger partial charge in [0.25, 0.3) is 0 Å². The number of aromatic nitrogens is 7. The Balaban J connectivity index is 0.000000177. The van der Waals surface area contributed by atoms with Crippen LogP contribution in [0.15, 0.2) is 85.5 Å². The Morgan fingerprint density at radius 1 is 0.795 bits per heavy atom. The number of anilines is 1. The monoisotopic (exact) mass is 516 g/mol. The molecule has 0 spiro atoms. The molecule has 0 aliphatic rings. The summed E-state index contributed by atoms with van der Waals surface area (Å²) in [7, 11) is 3.77. The highest BCUT2D eigenvalue weighted by Gasteiger charge is 2.14. The van der Waals surface area contributed by atoms with Crippen molar-refractivity contribution < 1.29 is 4.79 Å². The van der Waals surface area contributed by atoms with E-state index < -0.39 is 0 Å². The summed E-state index contributed by atoms with van der Waals surface area (Å²) in [6.45, 7) is 4.11. The first kappa shape index (κ1) is 25.5. The van der Waals surface area contributed by atoms with E-state index in [9.17, 15) is 4.79 Å². The second-order valence-electron chi connectivity index (χ2n) is 9.14. The summed E-state index contributed by atoms with van der Waals surface area (Å²) < 4.78 is 3.61. The van der Waals surface area contributed by atoms with Crippen molar-refractivity contribution in [2.45, 2.75) is 13.8 Å². The van der Waals surface area contributed by atoms with Gasteiger partial charge in [-0.1, -0.05) is 59.7 Å². The first-order valence-electron chi connectivity index (χ1n) is 12.4. The topological polar surface area (TPSA) is 103 Å². The number of rotatable bonds is 5. The molecule has 9 nitrogen and oxygen atoms in total. The van der Waals surface area contributed by atoms with Gasteiger partial charge < -0.3 is 5.32 Å². The van der Waals surface area contributed by atoms with E-state index in [1.807, 2.05) is 74.5 Å². The lowest BCUT2D eigenvalue weighted by Gasteiger charge is -2.03. The standard InChI is InChI=1S/C18H18N6.C12H10N2O/c1-12-4-6-13(7-5-12)18-14(10-23(3)22-18)15-8-9-17-20-16(19-2)11-24(17)21-15;1-9-2-4-10(5-3-9)12-6-11(7-15)13-8-14-12/h4-11,19H,1-3H3;2-8H,1H3. The van der Waals surface area contributed by atoms with E-state index >= 15 is 0 Å². The Kier molecular flexibility index (Phi) is 7.22. The lowest BCUT2D eigenvalue weighted by Crippen LogP contribution is -1.93. The summed E-state index contributed by atoms with van der Waals surface area (Å²) >= 11 is 0. The summed E-state index contributed by atoms with van der Waals surface area (Å²) in [4.78, 5) is 22.9. The molecule has 6 aromatic rings. The highest BCUT2D eigenvalue weighted by molar-refractivity contribution is 5.79. The summed E-state index contributed by atoms with van der Waals surface area (Å²) in [5, 5.41) is 12.4. The van der Waals surface area contributed by atoms with Crippen LogP contribution in [0.1, 0.15) is 21.6 Å². The number of carbonyl (C=O) groups is 1. The number of aldehydes is 1. The van der Waals surface area contributed by atoms with Crippen LogP contribution in [0.25, 0.3) is 39.4 Å². The van der Waals surface area contributed by atoms with Crippen molar-refractivity contribution in [1.29, 1.82) is 0 Å². The lowest BCUT2D eigenvalue weighted by molar-refractivity contribution is 0.111. The third-order valence-corrected chi connectivity index (χ3v) is 6.16. The predicted molar refractivity (Wildman–Crippen MR) is 153 cm³/mol. The molecular weight excluding hydrogens is 488 g/mol. The Hall–Kier alpha value is -5.18. The normalized spacial score (nSPS) is 10.7. The molecule has 0 aliphatic carbocycles. The van der Waals surface area contributed by atoms with Crippen molar-refractivity contribution >= 4 is 17.8 Å². The molecule has 0 atom stereocenters. The molecule has 0 radical (unpaired) electrons. The summed E-state index contributed by atoms with van der Waals surface area (Å²) in [5.41, 5.74) is 9.28. The first-order chi connectivity index (χ1) is 18.9. The Morgan fingerprint density at radius 3 is 2.15 bits per heavy atom.